The van der Waals surface area contributed by atoms with E-state index in [2.05, 4.69) is 42.8 Å². The lowest BCUT2D eigenvalue weighted by Gasteiger charge is -2.36. The highest BCUT2D eigenvalue weighted by atomic mass is 127. The fraction of sp³-hybridized carbons (Fsp3) is 0.533. The summed E-state index contributed by atoms with van der Waals surface area (Å²) in [6.45, 7) is 0.499. The minimum absolute atomic E-state index is 0.0347. The molecule has 0 amide bonds. The van der Waals surface area contributed by atoms with Gasteiger partial charge in [-0.25, -0.2) is 22.2 Å². The first-order valence-electron chi connectivity index (χ1n) is 8.44. The van der Waals surface area contributed by atoms with Gasteiger partial charge >= 0.3 is 0 Å². The van der Waals surface area contributed by atoms with E-state index >= 15 is 0 Å². The molecule has 3 aromatic rings. The van der Waals surface area contributed by atoms with Crippen molar-refractivity contribution >= 4 is 49.4 Å². The van der Waals surface area contributed by atoms with Crippen LogP contribution < -0.4 is 0 Å². The van der Waals surface area contributed by atoms with Crippen LogP contribution in [0.25, 0.3) is 16.8 Å². The van der Waals surface area contributed by atoms with Crippen molar-refractivity contribution < 1.29 is 17.2 Å². The van der Waals surface area contributed by atoms with E-state index in [1.54, 1.807) is 12.4 Å². The molecule has 144 valence electrons. The molecule has 3 aromatic heterocycles. The molecular formula is C15H15F2IN6O2S. The van der Waals surface area contributed by atoms with Gasteiger partial charge < -0.3 is 4.98 Å². The van der Waals surface area contributed by atoms with E-state index in [9.17, 15) is 17.2 Å². The molecule has 0 unspecified atom stereocenters. The number of nitrogens with zero attached hydrogens (tertiary/aromatic N) is 5. The predicted octanol–water partition coefficient (Wildman–Crippen LogP) is 1.94. The Morgan fingerprint density at radius 2 is 2.04 bits per heavy atom. The number of aromatic amines is 1. The van der Waals surface area contributed by atoms with Gasteiger partial charge in [0.05, 0.1) is 17.0 Å². The van der Waals surface area contributed by atoms with Gasteiger partial charge in [0.2, 0.25) is 10.0 Å². The molecule has 2 aliphatic rings. The molecule has 27 heavy (non-hydrogen) atoms. The second kappa shape index (κ2) is 5.80. The van der Waals surface area contributed by atoms with Gasteiger partial charge in [-0.05, 0) is 6.07 Å². The highest BCUT2D eigenvalue weighted by Crippen LogP contribution is 2.44. The molecule has 0 aromatic carbocycles. The predicted molar refractivity (Wildman–Crippen MR) is 102 cm³/mol. The van der Waals surface area contributed by atoms with Crippen molar-refractivity contribution in [1.29, 1.82) is 0 Å². The first kappa shape index (κ1) is 17.7. The van der Waals surface area contributed by atoms with E-state index in [4.69, 9.17) is 0 Å². The molecular weight excluding hydrogens is 493 g/mol. The summed E-state index contributed by atoms with van der Waals surface area (Å²) >= 11 is 2.21. The van der Waals surface area contributed by atoms with Crippen LogP contribution >= 0.6 is 22.6 Å². The van der Waals surface area contributed by atoms with Gasteiger partial charge in [0, 0.05) is 42.0 Å². The second-order valence-electron chi connectivity index (χ2n) is 7.09. The average molecular weight is 508 g/mol. The monoisotopic (exact) mass is 508 g/mol. The molecule has 0 spiro atoms. The van der Waals surface area contributed by atoms with Gasteiger partial charge in [0.15, 0.2) is 11.3 Å². The van der Waals surface area contributed by atoms with Crippen molar-refractivity contribution in [3.05, 3.63) is 24.3 Å². The Hall–Kier alpha value is -1.41. The number of hydrogen-bond donors (Lipinski definition) is 1. The summed E-state index contributed by atoms with van der Waals surface area (Å²) in [6.07, 6.45) is 2.19. The standard InChI is InChI=1S/C15H15F2IN6O2S/c16-15(17)3-8(4-15)27(25,26)23-6-9(10(18)7-23)14-22-21-12-5-20-13-11(24(12)14)1-2-19-13/h1-2,5,8-10,19H,3-4,6-7H2/t9-,10+/m0/s1. The summed E-state index contributed by atoms with van der Waals surface area (Å²) in [6, 6.07) is 1.87. The zero-order valence-electron chi connectivity index (χ0n) is 13.9. The Morgan fingerprint density at radius 1 is 1.26 bits per heavy atom. The van der Waals surface area contributed by atoms with Gasteiger partial charge in [-0.1, -0.05) is 22.6 Å². The smallest absolute Gasteiger partial charge is 0.250 e. The van der Waals surface area contributed by atoms with Crippen LogP contribution in [0, 0.1) is 0 Å². The van der Waals surface area contributed by atoms with Crippen molar-refractivity contribution in [3.63, 3.8) is 0 Å². The summed E-state index contributed by atoms with van der Waals surface area (Å²) in [5.41, 5.74) is 2.09. The summed E-state index contributed by atoms with van der Waals surface area (Å²) < 4.78 is 55.0. The van der Waals surface area contributed by atoms with Gasteiger partial charge in [-0.2, -0.15) is 4.31 Å². The van der Waals surface area contributed by atoms with Crippen LogP contribution in [0.15, 0.2) is 18.5 Å². The average Bonchev–Trinajstić information content (AvgIpc) is 3.28. The van der Waals surface area contributed by atoms with Crippen molar-refractivity contribution in [2.45, 2.75) is 33.9 Å². The fourth-order valence-corrected chi connectivity index (χ4v) is 7.21. The quantitative estimate of drug-likeness (QED) is 0.431. The molecule has 2 fully saturated rings. The van der Waals surface area contributed by atoms with Crippen LogP contribution in [0.2, 0.25) is 0 Å². The van der Waals surface area contributed by atoms with E-state index < -0.39 is 34.0 Å². The Bertz CT molecular complexity index is 1140. The van der Waals surface area contributed by atoms with E-state index in [0.717, 1.165) is 5.52 Å². The highest BCUT2D eigenvalue weighted by Gasteiger charge is 2.54. The number of rotatable bonds is 3. The zero-order chi connectivity index (χ0) is 19.0. The van der Waals surface area contributed by atoms with E-state index in [-0.39, 0.29) is 22.9 Å². The molecule has 0 bridgehead atoms. The third kappa shape index (κ3) is 2.67. The number of halogens is 3. The third-order valence-corrected chi connectivity index (χ3v) is 8.80. The zero-order valence-corrected chi connectivity index (χ0v) is 16.9. The molecule has 1 saturated heterocycles. The SMILES string of the molecule is O=S(=O)(C1CC(F)(F)C1)N1C[C@@H](I)[C@@H](c2nnc3cnc4[nH]ccc4n23)C1. The van der Waals surface area contributed by atoms with Crippen LogP contribution in [0.5, 0.6) is 0 Å². The maximum absolute atomic E-state index is 13.2. The first-order chi connectivity index (χ1) is 12.8. The summed E-state index contributed by atoms with van der Waals surface area (Å²) in [4.78, 5) is 7.31. The molecule has 1 saturated carbocycles. The molecule has 1 N–H and O–H groups in total. The van der Waals surface area contributed by atoms with Crippen LogP contribution in [0.1, 0.15) is 24.6 Å². The molecule has 1 aliphatic carbocycles. The molecule has 0 radical (unpaired) electrons. The number of sulfonamides is 1. The van der Waals surface area contributed by atoms with Crippen molar-refractivity contribution in [1.82, 2.24) is 28.9 Å². The number of nitrogens with one attached hydrogen (secondary N) is 1. The molecule has 5 rings (SSSR count). The van der Waals surface area contributed by atoms with Gasteiger partial charge in [0.25, 0.3) is 5.92 Å². The normalized spacial score (nSPS) is 26.8. The van der Waals surface area contributed by atoms with Gasteiger partial charge in [-0.15, -0.1) is 10.2 Å². The summed E-state index contributed by atoms with van der Waals surface area (Å²) in [5, 5.41) is 7.46. The number of hydrogen-bond acceptors (Lipinski definition) is 5. The van der Waals surface area contributed by atoms with E-state index in [1.807, 2.05) is 10.5 Å². The van der Waals surface area contributed by atoms with Crippen molar-refractivity contribution in [3.8, 4) is 0 Å². The Labute approximate surface area is 166 Å². The number of H-pyrrole nitrogens is 1. The molecule has 8 nitrogen and oxygen atoms in total. The maximum Gasteiger partial charge on any atom is 0.250 e. The van der Waals surface area contributed by atoms with Crippen LogP contribution in [0.3, 0.4) is 0 Å². The maximum atomic E-state index is 13.2. The molecule has 2 atom stereocenters. The lowest BCUT2D eigenvalue weighted by molar-refractivity contribution is -0.0694. The number of alkyl halides is 3. The minimum Gasteiger partial charge on any atom is -0.345 e. The molecule has 12 heteroatoms. The largest absolute Gasteiger partial charge is 0.345 e. The lowest BCUT2D eigenvalue weighted by Crippen LogP contribution is -2.49. The van der Waals surface area contributed by atoms with Gasteiger partial charge in [-0.3, -0.25) is 4.40 Å². The first-order valence-corrected chi connectivity index (χ1v) is 11.2. The lowest BCUT2D eigenvalue weighted by atomic mass is 9.94. The van der Waals surface area contributed by atoms with Crippen LogP contribution in [-0.4, -0.2) is 65.5 Å². The second-order valence-corrected chi connectivity index (χ2v) is 10.9. The molecule has 4 heterocycles. The number of aromatic nitrogens is 5. The van der Waals surface area contributed by atoms with Crippen LogP contribution in [-0.2, 0) is 10.0 Å². The topological polar surface area (TPSA) is 96.2 Å². The number of fused-ring (bicyclic) bond motifs is 3. The highest BCUT2D eigenvalue weighted by molar-refractivity contribution is 14.1. The summed E-state index contributed by atoms with van der Waals surface area (Å²) in [7, 11) is -3.74. The Balaban J connectivity index is 1.49. The summed E-state index contributed by atoms with van der Waals surface area (Å²) in [5.74, 6) is -2.39. The minimum atomic E-state index is -3.74. The third-order valence-electron chi connectivity index (χ3n) is 5.35. The molecule has 1 aliphatic heterocycles. The van der Waals surface area contributed by atoms with Crippen molar-refractivity contribution in [2.24, 2.45) is 0 Å². The fourth-order valence-electron chi connectivity index (χ4n) is 3.85. The van der Waals surface area contributed by atoms with Crippen LogP contribution in [0.4, 0.5) is 8.78 Å². The Morgan fingerprint density at radius 3 is 2.78 bits per heavy atom. The Kier molecular flexibility index (Phi) is 3.79. The van der Waals surface area contributed by atoms with Gasteiger partial charge in [0.1, 0.15) is 5.82 Å². The van der Waals surface area contributed by atoms with E-state index in [1.165, 1.54) is 4.31 Å². The van der Waals surface area contributed by atoms with E-state index in [0.29, 0.717) is 17.1 Å². The van der Waals surface area contributed by atoms with Crippen molar-refractivity contribution in [2.75, 3.05) is 13.1 Å².